The third-order valence-electron chi connectivity index (χ3n) is 4.18. The van der Waals surface area contributed by atoms with Gasteiger partial charge in [-0.2, -0.15) is 0 Å². The maximum Gasteiger partial charge on any atom is 0.326 e. The van der Waals surface area contributed by atoms with Gasteiger partial charge in [-0.25, -0.2) is 4.79 Å². The Morgan fingerprint density at radius 3 is 2.55 bits per heavy atom. The summed E-state index contributed by atoms with van der Waals surface area (Å²) in [4.78, 5) is 48.4. The first-order chi connectivity index (χ1) is 14.7. The summed E-state index contributed by atoms with van der Waals surface area (Å²) in [5.74, 6) is -2.20. The second-order valence-corrected chi connectivity index (χ2v) is 8.00. The van der Waals surface area contributed by atoms with Crippen LogP contribution in [0.4, 0.5) is 0 Å². The number of nitrogens with zero attached hydrogens (tertiary/aromatic N) is 1. The molecule has 0 radical (unpaired) electrons. The van der Waals surface area contributed by atoms with E-state index in [0.717, 1.165) is 11.8 Å². The van der Waals surface area contributed by atoms with E-state index in [4.69, 9.17) is 32.5 Å². The van der Waals surface area contributed by atoms with Gasteiger partial charge in [0.2, 0.25) is 11.8 Å². The smallest absolute Gasteiger partial charge is 0.326 e. The number of aliphatic carboxylic acids is 1. The standard InChI is InChI=1S/C19H21N3O7S2/c1-28-12-4-3-10(7-13(12)29-2)8-14-17(25)22(19(30)31-14)6-5-16(24)21-11(18(26)27)9-15(20)23/h3-4,7-8,11H,5-6,9H2,1-2H3,(H2,20,23)(H,21,24)(H,26,27)/b14-8+/t11-/m1/s1. The first-order valence-corrected chi connectivity index (χ1v) is 10.2. The van der Waals surface area contributed by atoms with Gasteiger partial charge in [0.05, 0.1) is 25.5 Å². The monoisotopic (exact) mass is 467 g/mol. The molecule has 4 N–H and O–H groups in total. The Bertz CT molecular complexity index is 948. The van der Waals surface area contributed by atoms with Gasteiger partial charge in [-0.05, 0) is 23.8 Å². The van der Waals surface area contributed by atoms with Crippen molar-refractivity contribution < 1.29 is 33.8 Å². The van der Waals surface area contributed by atoms with Crippen LogP contribution in [0.2, 0.25) is 0 Å². The maximum atomic E-state index is 12.7. The summed E-state index contributed by atoms with van der Waals surface area (Å²) in [6.45, 7) is -0.0390. The number of amides is 3. The van der Waals surface area contributed by atoms with Crippen LogP contribution in [-0.4, -0.2) is 64.8 Å². The summed E-state index contributed by atoms with van der Waals surface area (Å²) in [7, 11) is 3.02. The number of methoxy groups -OCH3 is 2. The fraction of sp³-hybridized carbons (Fsp3) is 0.316. The minimum atomic E-state index is -1.43. The fourth-order valence-corrected chi connectivity index (χ4v) is 3.98. The highest BCUT2D eigenvalue weighted by molar-refractivity contribution is 8.26. The Morgan fingerprint density at radius 1 is 1.29 bits per heavy atom. The number of hydrogen-bond donors (Lipinski definition) is 3. The Kier molecular flexibility index (Phi) is 8.39. The van der Waals surface area contributed by atoms with Gasteiger partial charge in [-0.15, -0.1) is 0 Å². The SMILES string of the molecule is COc1ccc(/C=C2/SC(=S)N(CCC(=O)N[C@H](CC(N)=O)C(=O)O)C2=O)cc1OC. The fourth-order valence-electron chi connectivity index (χ4n) is 2.67. The Morgan fingerprint density at radius 2 is 1.97 bits per heavy atom. The highest BCUT2D eigenvalue weighted by Gasteiger charge is 2.32. The molecule has 0 spiro atoms. The van der Waals surface area contributed by atoms with E-state index in [-0.39, 0.29) is 23.2 Å². The molecule has 1 aromatic rings. The average Bonchev–Trinajstić information content (AvgIpc) is 2.97. The number of nitrogens with one attached hydrogen (secondary N) is 1. The molecule has 1 heterocycles. The van der Waals surface area contributed by atoms with Crippen molar-refractivity contribution in [3.05, 3.63) is 28.7 Å². The summed E-state index contributed by atoms with van der Waals surface area (Å²) in [6, 6.07) is 3.75. The third-order valence-corrected chi connectivity index (χ3v) is 5.56. The minimum absolute atomic E-state index is 0.0390. The topological polar surface area (TPSA) is 148 Å². The van der Waals surface area contributed by atoms with Gasteiger partial charge >= 0.3 is 5.97 Å². The predicted molar refractivity (Wildman–Crippen MR) is 117 cm³/mol. The van der Waals surface area contributed by atoms with Crippen LogP contribution in [0.15, 0.2) is 23.1 Å². The van der Waals surface area contributed by atoms with E-state index in [0.29, 0.717) is 22.0 Å². The summed E-state index contributed by atoms with van der Waals surface area (Å²) in [5, 5.41) is 11.3. The lowest BCUT2D eigenvalue weighted by Gasteiger charge is -2.16. The van der Waals surface area contributed by atoms with Crippen molar-refractivity contribution in [3.63, 3.8) is 0 Å². The third kappa shape index (κ3) is 6.43. The van der Waals surface area contributed by atoms with Crippen molar-refractivity contribution in [1.29, 1.82) is 0 Å². The number of rotatable bonds is 10. The van der Waals surface area contributed by atoms with Crippen LogP contribution in [0.3, 0.4) is 0 Å². The van der Waals surface area contributed by atoms with Gasteiger partial charge in [0.1, 0.15) is 10.4 Å². The number of primary amides is 1. The number of carbonyl (C=O) groups is 4. The summed E-state index contributed by atoms with van der Waals surface area (Å²) >= 11 is 6.32. The van der Waals surface area contributed by atoms with E-state index in [1.54, 1.807) is 24.3 Å². The molecular formula is C19H21N3O7S2. The molecule has 0 aliphatic carbocycles. The second kappa shape index (κ2) is 10.8. The first-order valence-electron chi connectivity index (χ1n) is 8.94. The van der Waals surface area contributed by atoms with Gasteiger partial charge in [-0.3, -0.25) is 19.3 Å². The number of nitrogens with two attached hydrogens (primary N) is 1. The molecule has 3 amide bonds. The van der Waals surface area contributed by atoms with Crippen LogP contribution in [0.1, 0.15) is 18.4 Å². The molecule has 10 nitrogen and oxygen atoms in total. The quantitative estimate of drug-likeness (QED) is 0.335. The predicted octanol–water partition coefficient (Wildman–Crippen LogP) is 0.740. The summed E-state index contributed by atoms with van der Waals surface area (Å²) in [6.07, 6.45) is 0.920. The lowest BCUT2D eigenvalue weighted by molar-refractivity contribution is -0.143. The molecule has 1 aromatic carbocycles. The van der Waals surface area contributed by atoms with Crippen molar-refractivity contribution in [2.75, 3.05) is 20.8 Å². The molecule has 1 aliphatic rings. The molecule has 1 aliphatic heterocycles. The number of carboxylic acid groups (broad SMARTS) is 1. The van der Waals surface area contributed by atoms with Crippen LogP contribution >= 0.6 is 24.0 Å². The summed E-state index contributed by atoms with van der Waals surface area (Å²) in [5.41, 5.74) is 5.68. The number of benzene rings is 1. The number of hydrogen-bond acceptors (Lipinski definition) is 8. The lowest BCUT2D eigenvalue weighted by atomic mass is 10.2. The molecule has 166 valence electrons. The van der Waals surface area contributed by atoms with Gasteiger partial charge < -0.3 is 25.6 Å². The van der Waals surface area contributed by atoms with Crippen LogP contribution in [0, 0.1) is 0 Å². The zero-order chi connectivity index (χ0) is 23.1. The van der Waals surface area contributed by atoms with Crippen LogP contribution in [0.5, 0.6) is 11.5 Å². The maximum absolute atomic E-state index is 12.7. The molecule has 12 heteroatoms. The minimum Gasteiger partial charge on any atom is -0.493 e. The van der Waals surface area contributed by atoms with Crippen molar-refractivity contribution in [3.8, 4) is 11.5 Å². The highest BCUT2D eigenvalue weighted by Crippen LogP contribution is 2.34. The average molecular weight is 468 g/mol. The number of thioether (sulfide) groups is 1. The van der Waals surface area contributed by atoms with Gasteiger partial charge in [0, 0.05) is 13.0 Å². The molecular weight excluding hydrogens is 446 g/mol. The number of carboxylic acids is 1. The Balaban J connectivity index is 2.03. The van der Waals surface area contributed by atoms with Crippen molar-refractivity contribution in [1.82, 2.24) is 10.2 Å². The van der Waals surface area contributed by atoms with Crippen molar-refractivity contribution >= 4 is 58.1 Å². The number of ether oxygens (including phenoxy) is 2. The van der Waals surface area contributed by atoms with E-state index in [1.165, 1.54) is 19.1 Å². The number of thiocarbonyl (C=S) groups is 1. The van der Waals surface area contributed by atoms with Crippen LogP contribution < -0.4 is 20.5 Å². The molecule has 1 atom stereocenters. The second-order valence-electron chi connectivity index (χ2n) is 6.33. The van der Waals surface area contributed by atoms with E-state index >= 15 is 0 Å². The highest BCUT2D eigenvalue weighted by atomic mass is 32.2. The Hall–Kier alpha value is -3.12. The number of carbonyl (C=O) groups excluding carboxylic acids is 3. The molecule has 31 heavy (non-hydrogen) atoms. The van der Waals surface area contributed by atoms with Gasteiger partial charge in [0.15, 0.2) is 11.5 Å². The lowest BCUT2D eigenvalue weighted by Crippen LogP contribution is -2.44. The largest absolute Gasteiger partial charge is 0.493 e. The first kappa shape index (κ1) is 24.2. The molecule has 0 aromatic heterocycles. The van der Waals surface area contributed by atoms with Gasteiger partial charge in [0.25, 0.3) is 5.91 Å². The van der Waals surface area contributed by atoms with Crippen molar-refractivity contribution in [2.24, 2.45) is 5.73 Å². The van der Waals surface area contributed by atoms with E-state index < -0.39 is 30.2 Å². The zero-order valence-corrected chi connectivity index (χ0v) is 18.4. The van der Waals surface area contributed by atoms with Crippen LogP contribution in [-0.2, 0) is 19.2 Å². The Labute approximate surface area is 187 Å². The molecule has 0 saturated carbocycles. The van der Waals surface area contributed by atoms with Crippen molar-refractivity contribution in [2.45, 2.75) is 18.9 Å². The van der Waals surface area contributed by atoms with E-state index in [1.807, 2.05) is 0 Å². The molecule has 2 rings (SSSR count). The van der Waals surface area contributed by atoms with Crippen LogP contribution in [0.25, 0.3) is 6.08 Å². The van der Waals surface area contributed by atoms with Gasteiger partial charge in [-0.1, -0.05) is 30.0 Å². The molecule has 0 unspecified atom stereocenters. The van der Waals surface area contributed by atoms with E-state index in [2.05, 4.69) is 5.32 Å². The zero-order valence-electron chi connectivity index (χ0n) is 16.7. The molecule has 1 fully saturated rings. The normalized spacial score (nSPS) is 15.7. The molecule has 0 bridgehead atoms. The van der Waals surface area contributed by atoms with E-state index in [9.17, 15) is 19.2 Å². The summed E-state index contributed by atoms with van der Waals surface area (Å²) < 4.78 is 10.7. The molecule has 1 saturated heterocycles.